The summed E-state index contributed by atoms with van der Waals surface area (Å²) in [6, 6.07) is 38.5. The molecular formula is C33H29BrFNOS. The van der Waals surface area contributed by atoms with Crippen molar-refractivity contribution in [2.45, 2.75) is 22.2 Å². The Hall–Kier alpha value is -2.86. The largest absolute Gasteiger partial charge is 0.467 e. The van der Waals surface area contributed by atoms with E-state index in [9.17, 15) is 4.39 Å². The minimum Gasteiger partial charge on any atom is -0.467 e. The molecule has 192 valence electrons. The lowest BCUT2D eigenvalue weighted by Crippen LogP contribution is -2.40. The number of hydrogen-bond donors (Lipinski definition) is 0. The predicted octanol–water partition coefficient (Wildman–Crippen LogP) is 8.51. The van der Waals surface area contributed by atoms with Gasteiger partial charge in [-0.1, -0.05) is 137 Å². The molecule has 0 N–H and O–H groups in total. The molecule has 38 heavy (non-hydrogen) atoms. The molecule has 2 aliphatic heterocycles. The quantitative estimate of drug-likeness (QED) is 0.122. The number of rotatable bonds is 7. The van der Waals surface area contributed by atoms with E-state index in [0.717, 1.165) is 41.3 Å². The Bertz CT molecular complexity index is 1300. The summed E-state index contributed by atoms with van der Waals surface area (Å²) in [4.78, 5) is 2.18. The Balaban J connectivity index is 1.34. The third kappa shape index (κ3) is 4.84. The summed E-state index contributed by atoms with van der Waals surface area (Å²) < 4.78 is 21.7. The van der Waals surface area contributed by atoms with Crippen molar-refractivity contribution in [2.24, 2.45) is 5.92 Å². The van der Waals surface area contributed by atoms with E-state index < -0.39 is 5.60 Å². The average molecular weight is 587 g/mol. The Labute approximate surface area is 236 Å². The highest BCUT2D eigenvalue weighted by Crippen LogP contribution is 2.50. The average Bonchev–Trinajstić information content (AvgIpc) is 3.39. The number of hydrogen-bond acceptors (Lipinski definition) is 3. The van der Waals surface area contributed by atoms with Gasteiger partial charge < -0.3 is 4.74 Å². The molecule has 0 aliphatic carbocycles. The number of thioether (sulfide) groups is 1. The van der Waals surface area contributed by atoms with Crippen LogP contribution in [0.4, 0.5) is 4.39 Å². The summed E-state index contributed by atoms with van der Waals surface area (Å²) >= 11 is 5.62. The number of likely N-dealkylation sites (tertiary alicyclic amines) is 1. The lowest BCUT2D eigenvalue weighted by Gasteiger charge is -2.37. The van der Waals surface area contributed by atoms with Gasteiger partial charge in [-0.25, -0.2) is 4.39 Å². The van der Waals surface area contributed by atoms with Crippen LogP contribution in [0.25, 0.3) is 0 Å². The lowest BCUT2D eigenvalue weighted by atomic mass is 9.80. The van der Waals surface area contributed by atoms with Crippen LogP contribution in [0.1, 0.15) is 33.6 Å². The minimum atomic E-state index is -0.777. The van der Waals surface area contributed by atoms with Crippen LogP contribution in [0.5, 0.6) is 0 Å². The van der Waals surface area contributed by atoms with Crippen molar-refractivity contribution < 1.29 is 9.13 Å². The molecule has 0 radical (unpaired) electrons. The van der Waals surface area contributed by atoms with E-state index in [1.165, 1.54) is 6.07 Å². The summed E-state index contributed by atoms with van der Waals surface area (Å²) in [6.07, 6.45) is 3.32. The third-order valence-corrected chi connectivity index (χ3v) is 9.93. The molecule has 3 atom stereocenters. The summed E-state index contributed by atoms with van der Waals surface area (Å²) in [7, 11) is 0. The molecule has 3 unspecified atom stereocenters. The van der Waals surface area contributed by atoms with Gasteiger partial charge in [0.25, 0.3) is 0 Å². The first-order valence-corrected chi connectivity index (χ1v) is 14.8. The van der Waals surface area contributed by atoms with Gasteiger partial charge in [0.15, 0.2) is 10.7 Å². The van der Waals surface area contributed by atoms with Crippen molar-refractivity contribution in [2.75, 3.05) is 13.1 Å². The monoisotopic (exact) mass is 585 g/mol. The zero-order chi connectivity index (χ0) is 26.0. The maximum Gasteiger partial charge on any atom is 0.185 e. The van der Waals surface area contributed by atoms with Crippen LogP contribution in [-0.2, 0) is 10.3 Å². The van der Waals surface area contributed by atoms with Gasteiger partial charge in [0.1, 0.15) is 5.82 Å². The molecule has 2 nitrogen and oxygen atoms in total. The van der Waals surface area contributed by atoms with Gasteiger partial charge in [-0.3, -0.25) is 4.90 Å². The Kier molecular flexibility index (Phi) is 7.42. The van der Waals surface area contributed by atoms with E-state index >= 15 is 0 Å². The summed E-state index contributed by atoms with van der Waals surface area (Å²) in [6.45, 7) is 1.75. The molecule has 0 aromatic heterocycles. The highest BCUT2D eigenvalue weighted by Gasteiger charge is 2.43. The molecular weight excluding hydrogens is 557 g/mol. The lowest BCUT2D eigenvalue weighted by molar-refractivity contribution is 0.0894. The van der Waals surface area contributed by atoms with Crippen molar-refractivity contribution in [3.05, 3.63) is 154 Å². The molecule has 4 aromatic carbocycles. The summed E-state index contributed by atoms with van der Waals surface area (Å²) in [5, 5.41) is 1.40. The molecule has 6 rings (SSSR count). The standard InChI is InChI=1S/C33H29BrFNOS/c34-32(28-18-10-11-19-29(28)35)36-21-20-30-24(23-36)22-31(38-30)37-33(25-12-4-1-5-13-25,26-14-6-2-7-15-26)27-16-8-3-9-17-27/h1-19,22,24,30,32H,20-21,23H2. The smallest absolute Gasteiger partial charge is 0.185 e. The number of benzene rings is 4. The second-order valence-corrected chi connectivity index (χ2v) is 11.9. The molecule has 2 heterocycles. The number of ether oxygens (including phenoxy) is 1. The van der Waals surface area contributed by atoms with Gasteiger partial charge >= 0.3 is 0 Å². The van der Waals surface area contributed by atoms with E-state index in [4.69, 9.17) is 4.74 Å². The fraction of sp³-hybridized carbons (Fsp3) is 0.212. The fourth-order valence-corrected chi connectivity index (χ4v) is 7.66. The highest BCUT2D eigenvalue weighted by molar-refractivity contribution is 9.09. The molecule has 0 saturated carbocycles. The topological polar surface area (TPSA) is 12.5 Å². The number of alkyl halides is 1. The Morgan fingerprint density at radius 3 is 1.87 bits per heavy atom. The zero-order valence-corrected chi connectivity index (χ0v) is 23.3. The van der Waals surface area contributed by atoms with E-state index in [-0.39, 0.29) is 10.8 Å². The van der Waals surface area contributed by atoms with Crippen LogP contribution in [-0.4, -0.2) is 23.2 Å². The Morgan fingerprint density at radius 1 is 0.789 bits per heavy atom. The van der Waals surface area contributed by atoms with Crippen LogP contribution in [0.2, 0.25) is 0 Å². The van der Waals surface area contributed by atoms with Crippen molar-refractivity contribution >= 4 is 27.7 Å². The van der Waals surface area contributed by atoms with Gasteiger partial charge in [0.05, 0.1) is 4.95 Å². The van der Waals surface area contributed by atoms with Gasteiger partial charge in [-0.05, 0) is 18.6 Å². The molecule has 4 aromatic rings. The second kappa shape index (κ2) is 11.1. The van der Waals surface area contributed by atoms with E-state index in [1.54, 1.807) is 6.07 Å². The van der Waals surface area contributed by atoms with Crippen LogP contribution in [0.3, 0.4) is 0 Å². The highest BCUT2D eigenvalue weighted by atomic mass is 79.9. The van der Waals surface area contributed by atoms with E-state index in [2.05, 4.69) is 99.7 Å². The van der Waals surface area contributed by atoms with Crippen molar-refractivity contribution in [3.8, 4) is 0 Å². The van der Waals surface area contributed by atoms with Crippen LogP contribution < -0.4 is 0 Å². The normalized spacial score (nSPS) is 20.4. The number of fused-ring (bicyclic) bond motifs is 1. The molecule has 0 bridgehead atoms. The van der Waals surface area contributed by atoms with Gasteiger partial charge in [-0.15, -0.1) is 0 Å². The fourth-order valence-electron chi connectivity index (χ4n) is 5.63. The van der Waals surface area contributed by atoms with Crippen LogP contribution in [0.15, 0.2) is 126 Å². The van der Waals surface area contributed by atoms with Gasteiger partial charge in [-0.2, -0.15) is 0 Å². The first-order valence-electron chi connectivity index (χ1n) is 13.0. The van der Waals surface area contributed by atoms with Crippen molar-refractivity contribution in [3.63, 3.8) is 0 Å². The Morgan fingerprint density at radius 2 is 1.32 bits per heavy atom. The first kappa shape index (κ1) is 25.4. The molecule has 5 heteroatoms. The molecule has 0 spiro atoms. The maximum atomic E-state index is 14.5. The SMILES string of the molecule is Fc1ccccc1C(Br)N1CCC2SC(OC(c3ccccc3)(c3ccccc3)c3ccccc3)=CC2C1. The van der Waals surface area contributed by atoms with E-state index in [1.807, 2.05) is 42.1 Å². The first-order chi connectivity index (χ1) is 18.6. The number of halogens is 2. The van der Waals surface area contributed by atoms with Crippen molar-refractivity contribution in [1.29, 1.82) is 0 Å². The molecule has 1 fully saturated rings. The minimum absolute atomic E-state index is 0.148. The summed E-state index contributed by atoms with van der Waals surface area (Å²) in [5.74, 6) is 0.158. The third-order valence-electron chi connectivity index (χ3n) is 7.52. The second-order valence-electron chi connectivity index (χ2n) is 9.83. The predicted molar refractivity (Wildman–Crippen MR) is 158 cm³/mol. The van der Waals surface area contributed by atoms with Crippen LogP contribution >= 0.6 is 27.7 Å². The van der Waals surface area contributed by atoms with Crippen LogP contribution in [0, 0.1) is 11.7 Å². The molecule has 1 saturated heterocycles. The molecule has 0 amide bonds. The van der Waals surface area contributed by atoms with Crippen molar-refractivity contribution in [1.82, 2.24) is 4.90 Å². The maximum absolute atomic E-state index is 14.5. The number of piperidine rings is 1. The summed E-state index contributed by atoms with van der Waals surface area (Å²) in [5.41, 5.74) is 3.19. The van der Waals surface area contributed by atoms with E-state index in [0.29, 0.717) is 16.7 Å². The number of nitrogens with zero attached hydrogens (tertiary/aromatic N) is 1. The molecule has 2 aliphatic rings. The van der Waals surface area contributed by atoms with Gasteiger partial charge in [0, 0.05) is 46.5 Å². The zero-order valence-electron chi connectivity index (χ0n) is 20.9. The van der Waals surface area contributed by atoms with Gasteiger partial charge in [0.2, 0.25) is 0 Å².